The van der Waals surface area contributed by atoms with Gasteiger partial charge in [0.25, 0.3) is 0 Å². The molecule has 0 aliphatic rings. The molecular weight excluding hydrogens is 290 g/mol. The first-order chi connectivity index (χ1) is 9.74. The summed E-state index contributed by atoms with van der Waals surface area (Å²) >= 11 is 0. The Bertz CT molecular complexity index is 525. The van der Waals surface area contributed by atoms with Crippen molar-refractivity contribution in [1.82, 2.24) is 5.32 Å². The van der Waals surface area contributed by atoms with Gasteiger partial charge in [-0.25, -0.2) is 8.42 Å². The van der Waals surface area contributed by atoms with E-state index in [1.54, 1.807) is 12.1 Å². The second-order valence-electron chi connectivity index (χ2n) is 5.77. The molecule has 120 valence electrons. The maximum atomic E-state index is 11.4. The fourth-order valence-corrected chi connectivity index (χ4v) is 2.76. The summed E-state index contributed by atoms with van der Waals surface area (Å²) in [5.74, 6) is 0.459. The van der Waals surface area contributed by atoms with Crippen molar-refractivity contribution in [1.29, 1.82) is 0 Å². The molecule has 6 heteroatoms. The molecule has 0 aliphatic carbocycles. The molecule has 0 saturated heterocycles. The maximum absolute atomic E-state index is 11.4. The number of nitrogens with one attached hydrogen (secondary N) is 1. The molecule has 21 heavy (non-hydrogen) atoms. The molecule has 0 amide bonds. The van der Waals surface area contributed by atoms with Crippen LogP contribution in [0.1, 0.15) is 31.9 Å². The maximum Gasteiger partial charge on any atom is 0.175 e. The predicted octanol–water partition coefficient (Wildman–Crippen LogP) is 1.12. The first kappa shape index (κ1) is 18.1. The predicted molar refractivity (Wildman–Crippen MR) is 82.8 cm³/mol. The molecule has 2 atom stereocenters. The van der Waals surface area contributed by atoms with Crippen molar-refractivity contribution in [2.75, 3.05) is 19.4 Å². The number of hydrogen-bond acceptors (Lipinski definition) is 5. The van der Waals surface area contributed by atoms with Gasteiger partial charge in [-0.3, -0.25) is 0 Å². The number of aliphatic hydroxyl groups excluding tert-OH is 2. The average Bonchev–Trinajstić information content (AvgIpc) is 2.41. The monoisotopic (exact) mass is 315 g/mol. The largest absolute Gasteiger partial charge is 0.395 e. The Labute approximate surface area is 126 Å². The normalized spacial score (nSPS) is 15.1. The van der Waals surface area contributed by atoms with Gasteiger partial charge in [0, 0.05) is 18.8 Å². The topological polar surface area (TPSA) is 86.6 Å². The lowest BCUT2D eigenvalue weighted by atomic mass is 10.0. The Kier molecular flexibility index (Phi) is 6.80. The third-order valence-electron chi connectivity index (χ3n) is 3.27. The third-order valence-corrected chi connectivity index (χ3v) is 4.40. The van der Waals surface area contributed by atoms with Crippen molar-refractivity contribution < 1.29 is 18.6 Å². The van der Waals surface area contributed by atoms with Crippen LogP contribution in [-0.4, -0.2) is 44.1 Å². The molecule has 0 spiro atoms. The zero-order valence-electron chi connectivity index (χ0n) is 12.8. The molecule has 1 aromatic carbocycles. The minimum absolute atomic E-state index is 0.0257. The van der Waals surface area contributed by atoms with Gasteiger partial charge in [-0.15, -0.1) is 0 Å². The Morgan fingerprint density at radius 1 is 1.19 bits per heavy atom. The van der Waals surface area contributed by atoms with Crippen molar-refractivity contribution in [2.24, 2.45) is 5.92 Å². The van der Waals surface area contributed by atoms with E-state index in [9.17, 15) is 18.6 Å². The van der Waals surface area contributed by atoms with Gasteiger partial charge in [0.05, 0.1) is 17.6 Å². The van der Waals surface area contributed by atoms with Gasteiger partial charge in [-0.05, 0) is 30.0 Å². The van der Waals surface area contributed by atoms with E-state index in [1.807, 2.05) is 0 Å². The standard InChI is InChI=1S/C15H25NO4S/c1-11(2)8-13(10-17)16-9-15(18)12-4-6-14(7-5-12)21(3,19)20/h4-7,11,13,15-18H,8-10H2,1-3H3. The van der Waals surface area contributed by atoms with Crippen molar-refractivity contribution in [3.8, 4) is 0 Å². The second-order valence-corrected chi connectivity index (χ2v) is 7.79. The zero-order chi connectivity index (χ0) is 16.0. The van der Waals surface area contributed by atoms with Crippen LogP contribution in [0.3, 0.4) is 0 Å². The molecule has 2 unspecified atom stereocenters. The molecule has 3 N–H and O–H groups in total. The summed E-state index contributed by atoms with van der Waals surface area (Å²) in [4.78, 5) is 0.236. The summed E-state index contributed by atoms with van der Waals surface area (Å²) < 4.78 is 22.7. The second kappa shape index (κ2) is 7.89. The summed E-state index contributed by atoms with van der Waals surface area (Å²) in [6, 6.07) is 6.16. The van der Waals surface area contributed by atoms with E-state index in [0.29, 0.717) is 18.0 Å². The molecule has 0 heterocycles. The first-order valence-electron chi connectivity index (χ1n) is 7.06. The van der Waals surface area contributed by atoms with E-state index in [2.05, 4.69) is 19.2 Å². The molecular formula is C15H25NO4S. The van der Waals surface area contributed by atoms with Crippen LogP contribution in [0.2, 0.25) is 0 Å². The smallest absolute Gasteiger partial charge is 0.175 e. The Balaban J connectivity index is 2.61. The van der Waals surface area contributed by atoms with Crippen LogP contribution in [0.5, 0.6) is 0 Å². The SMILES string of the molecule is CC(C)CC(CO)NCC(O)c1ccc(S(C)(=O)=O)cc1. The summed E-state index contributed by atoms with van der Waals surface area (Å²) in [5, 5.41) is 22.5. The number of aliphatic hydroxyl groups is 2. The van der Waals surface area contributed by atoms with E-state index >= 15 is 0 Å². The van der Waals surface area contributed by atoms with Gasteiger partial charge in [-0.2, -0.15) is 0 Å². The van der Waals surface area contributed by atoms with Crippen LogP contribution in [0.4, 0.5) is 0 Å². The third kappa shape index (κ3) is 6.13. The Hall–Kier alpha value is -0.950. The van der Waals surface area contributed by atoms with Crippen LogP contribution < -0.4 is 5.32 Å². The lowest BCUT2D eigenvalue weighted by Gasteiger charge is -2.20. The summed E-state index contributed by atoms with van der Waals surface area (Å²) in [6.07, 6.45) is 1.24. The molecule has 1 rings (SSSR count). The molecule has 0 saturated carbocycles. The lowest BCUT2D eigenvalue weighted by Crippen LogP contribution is -2.36. The fourth-order valence-electron chi connectivity index (χ4n) is 2.12. The molecule has 0 bridgehead atoms. The van der Waals surface area contributed by atoms with Crippen molar-refractivity contribution >= 4 is 9.84 Å². The van der Waals surface area contributed by atoms with E-state index < -0.39 is 15.9 Å². The molecule has 1 aromatic rings. The van der Waals surface area contributed by atoms with Gasteiger partial charge in [0.1, 0.15) is 0 Å². The fraction of sp³-hybridized carbons (Fsp3) is 0.600. The molecule has 0 fully saturated rings. The average molecular weight is 315 g/mol. The Morgan fingerprint density at radius 3 is 2.19 bits per heavy atom. The van der Waals surface area contributed by atoms with Gasteiger partial charge in [-0.1, -0.05) is 26.0 Å². The highest BCUT2D eigenvalue weighted by molar-refractivity contribution is 7.90. The highest BCUT2D eigenvalue weighted by Gasteiger charge is 2.14. The number of hydrogen-bond donors (Lipinski definition) is 3. The number of sulfone groups is 1. The number of rotatable bonds is 8. The van der Waals surface area contributed by atoms with Gasteiger partial charge in [0.2, 0.25) is 0 Å². The van der Waals surface area contributed by atoms with Crippen LogP contribution >= 0.6 is 0 Å². The highest BCUT2D eigenvalue weighted by atomic mass is 32.2. The van der Waals surface area contributed by atoms with Crippen LogP contribution in [0, 0.1) is 5.92 Å². The van der Waals surface area contributed by atoms with Crippen LogP contribution in [-0.2, 0) is 9.84 Å². The number of benzene rings is 1. The summed E-state index contributed by atoms with van der Waals surface area (Å²) in [5.41, 5.74) is 0.649. The van der Waals surface area contributed by atoms with E-state index in [4.69, 9.17) is 0 Å². The van der Waals surface area contributed by atoms with Crippen molar-refractivity contribution in [2.45, 2.75) is 37.3 Å². The van der Waals surface area contributed by atoms with E-state index in [1.165, 1.54) is 12.1 Å². The minimum atomic E-state index is -3.22. The lowest BCUT2D eigenvalue weighted by molar-refractivity contribution is 0.153. The van der Waals surface area contributed by atoms with E-state index in [-0.39, 0.29) is 17.5 Å². The van der Waals surface area contributed by atoms with Crippen LogP contribution in [0.25, 0.3) is 0 Å². The quantitative estimate of drug-likeness (QED) is 0.669. The molecule has 0 aliphatic heterocycles. The van der Waals surface area contributed by atoms with Crippen molar-refractivity contribution in [3.63, 3.8) is 0 Å². The van der Waals surface area contributed by atoms with Crippen molar-refractivity contribution in [3.05, 3.63) is 29.8 Å². The van der Waals surface area contributed by atoms with Gasteiger partial charge < -0.3 is 15.5 Å². The first-order valence-corrected chi connectivity index (χ1v) is 8.95. The summed E-state index contributed by atoms with van der Waals surface area (Å²) in [7, 11) is -3.22. The zero-order valence-corrected chi connectivity index (χ0v) is 13.6. The van der Waals surface area contributed by atoms with Gasteiger partial charge >= 0.3 is 0 Å². The Morgan fingerprint density at radius 2 is 1.76 bits per heavy atom. The van der Waals surface area contributed by atoms with Crippen LogP contribution in [0.15, 0.2) is 29.2 Å². The van der Waals surface area contributed by atoms with E-state index in [0.717, 1.165) is 12.7 Å². The molecule has 0 radical (unpaired) electrons. The molecule has 5 nitrogen and oxygen atoms in total. The minimum Gasteiger partial charge on any atom is -0.395 e. The molecule has 0 aromatic heterocycles. The highest BCUT2D eigenvalue weighted by Crippen LogP contribution is 2.16. The summed E-state index contributed by atoms with van der Waals surface area (Å²) in [6.45, 7) is 4.49. The van der Waals surface area contributed by atoms with Gasteiger partial charge in [0.15, 0.2) is 9.84 Å².